The molecule has 0 radical (unpaired) electrons. The molecule has 0 aromatic heterocycles. The maximum atomic E-state index is 5.74. The fourth-order valence-corrected chi connectivity index (χ4v) is 2.60. The van der Waals surface area contributed by atoms with Crippen LogP contribution in [0.1, 0.15) is 17.5 Å². The van der Waals surface area contributed by atoms with Crippen LogP contribution < -0.4 is 15.5 Å². The molecule has 0 bridgehead atoms. The van der Waals surface area contributed by atoms with Crippen LogP contribution in [0.15, 0.2) is 12.1 Å². The minimum atomic E-state index is 0.719. The van der Waals surface area contributed by atoms with Gasteiger partial charge in [0, 0.05) is 33.2 Å². The average molecular weight is 233 g/mol. The Morgan fingerprint density at radius 2 is 2.00 bits per heavy atom. The van der Waals surface area contributed by atoms with Gasteiger partial charge in [0.1, 0.15) is 0 Å². The SMILES string of the molecule is Cc1ccc2c(c1C)N(CCN)CCCN2C. The fraction of sp³-hybridized carbons (Fsp3) is 0.571. The Balaban J connectivity index is 2.51. The van der Waals surface area contributed by atoms with Crippen LogP contribution in [0.5, 0.6) is 0 Å². The fourth-order valence-electron chi connectivity index (χ4n) is 2.60. The van der Waals surface area contributed by atoms with Gasteiger partial charge in [0.2, 0.25) is 0 Å². The number of nitrogens with two attached hydrogens (primary N) is 1. The molecule has 0 fully saturated rings. The van der Waals surface area contributed by atoms with Crippen LogP contribution in [0.3, 0.4) is 0 Å². The standard InChI is InChI=1S/C14H23N3/c1-11-5-6-13-14(12(11)2)17(10-7-15)9-4-8-16(13)3/h5-6H,4,7-10,15H2,1-3H3. The highest BCUT2D eigenvalue weighted by Crippen LogP contribution is 2.35. The monoisotopic (exact) mass is 233 g/mol. The van der Waals surface area contributed by atoms with Gasteiger partial charge in [-0.1, -0.05) is 6.07 Å². The Hall–Kier alpha value is -1.22. The Morgan fingerprint density at radius 3 is 2.71 bits per heavy atom. The van der Waals surface area contributed by atoms with Gasteiger partial charge in [0.15, 0.2) is 0 Å². The molecule has 0 atom stereocenters. The van der Waals surface area contributed by atoms with E-state index in [2.05, 4.69) is 42.8 Å². The summed E-state index contributed by atoms with van der Waals surface area (Å²) in [5.74, 6) is 0. The highest BCUT2D eigenvalue weighted by atomic mass is 15.2. The smallest absolute Gasteiger partial charge is 0.0636 e. The molecule has 0 spiro atoms. The molecular weight excluding hydrogens is 210 g/mol. The van der Waals surface area contributed by atoms with Crippen molar-refractivity contribution in [2.75, 3.05) is 43.0 Å². The average Bonchev–Trinajstić information content (AvgIpc) is 2.45. The summed E-state index contributed by atoms with van der Waals surface area (Å²) in [5, 5.41) is 0. The number of fused-ring (bicyclic) bond motifs is 1. The summed E-state index contributed by atoms with van der Waals surface area (Å²) in [6, 6.07) is 4.46. The molecule has 0 aliphatic carbocycles. The number of nitrogens with zero attached hydrogens (tertiary/aromatic N) is 2. The van der Waals surface area contributed by atoms with Crippen LogP contribution in [0.25, 0.3) is 0 Å². The zero-order valence-electron chi connectivity index (χ0n) is 11.2. The van der Waals surface area contributed by atoms with Crippen molar-refractivity contribution in [1.82, 2.24) is 0 Å². The summed E-state index contributed by atoms with van der Waals surface area (Å²) >= 11 is 0. The van der Waals surface area contributed by atoms with Gasteiger partial charge < -0.3 is 15.5 Å². The molecule has 0 saturated carbocycles. The molecule has 0 amide bonds. The van der Waals surface area contributed by atoms with E-state index < -0.39 is 0 Å². The van der Waals surface area contributed by atoms with Crippen molar-refractivity contribution in [2.45, 2.75) is 20.3 Å². The molecule has 17 heavy (non-hydrogen) atoms. The minimum Gasteiger partial charge on any atom is -0.373 e. The Kier molecular flexibility index (Phi) is 3.57. The lowest BCUT2D eigenvalue weighted by atomic mass is 10.0. The topological polar surface area (TPSA) is 32.5 Å². The van der Waals surface area contributed by atoms with Crippen LogP contribution in [0.2, 0.25) is 0 Å². The van der Waals surface area contributed by atoms with Crippen molar-refractivity contribution in [1.29, 1.82) is 0 Å². The normalized spacial score (nSPS) is 15.8. The summed E-state index contributed by atoms with van der Waals surface area (Å²) < 4.78 is 0. The molecule has 0 saturated heterocycles. The predicted octanol–water partition coefficient (Wildman–Crippen LogP) is 1.91. The maximum Gasteiger partial charge on any atom is 0.0636 e. The van der Waals surface area contributed by atoms with Gasteiger partial charge in [-0.15, -0.1) is 0 Å². The third-order valence-corrected chi connectivity index (χ3v) is 3.73. The summed E-state index contributed by atoms with van der Waals surface area (Å²) in [6.45, 7) is 8.30. The molecule has 2 N–H and O–H groups in total. The number of benzene rings is 1. The van der Waals surface area contributed by atoms with E-state index in [9.17, 15) is 0 Å². The van der Waals surface area contributed by atoms with Crippen molar-refractivity contribution < 1.29 is 0 Å². The largest absolute Gasteiger partial charge is 0.373 e. The predicted molar refractivity (Wildman–Crippen MR) is 75.1 cm³/mol. The van der Waals surface area contributed by atoms with Crippen molar-refractivity contribution in [3.63, 3.8) is 0 Å². The van der Waals surface area contributed by atoms with Gasteiger partial charge in [-0.2, -0.15) is 0 Å². The second kappa shape index (κ2) is 4.96. The van der Waals surface area contributed by atoms with Crippen LogP contribution in [-0.4, -0.2) is 33.2 Å². The molecule has 3 nitrogen and oxygen atoms in total. The number of rotatable bonds is 2. The number of aryl methyl sites for hydroxylation is 1. The van der Waals surface area contributed by atoms with E-state index in [1.54, 1.807) is 0 Å². The second-order valence-electron chi connectivity index (χ2n) is 4.93. The Morgan fingerprint density at radius 1 is 1.24 bits per heavy atom. The maximum absolute atomic E-state index is 5.74. The lowest BCUT2D eigenvalue weighted by molar-refractivity contribution is 0.740. The first kappa shape index (κ1) is 12.2. The van der Waals surface area contributed by atoms with Crippen LogP contribution in [-0.2, 0) is 0 Å². The van der Waals surface area contributed by atoms with E-state index >= 15 is 0 Å². The third kappa shape index (κ3) is 2.25. The zero-order chi connectivity index (χ0) is 12.4. The third-order valence-electron chi connectivity index (χ3n) is 3.73. The second-order valence-corrected chi connectivity index (χ2v) is 4.93. The Bertz CT molecular complexity index is 401. The van der Waals surface area contributed by atoms with E-state index in [1.807, 2.05) is 0 Å². The van der Waals surface area contributed by atoms with E-state index in [4.69, 9.17) is 5.73 Å². The lowest BCUT2D eigenvalue weighted by Crippen LogP contribution is -2.30. The molecule has 1 aromatic carbocycles. The molecule has 94 valence electrons. The summed E-state index contributed by atoms with van der Waals surface area (Å²) in [6.07, 6.45) is 1.20. The molecule has 0 unspecified atom stereocenters. The van der Waals surface area contributed by atoms with E-state index in [1.165, 1.54) is 28.9 Å². The van der Waals surface area contributed by atoms with Gasteiger partial charge in [-0.3, -0.25) is 0 Å². The quantitative estimate of drug-likeness (QED) is 0.847. The highest BCUT2D eigenvalue weighted by Gasteiger charge is 2.20. The van der Waals surface area contributed by atoms with Crippen molar-refractivity contribution in [3.05, 3.63) is 23.3 Å². The Labute approximate surface area is 104 Å². The van der Waals surface area contributed by atoms with Gasteiger partial charge in [-0.05, 0) is 37.5 Å². The van der Waals surface area contributed by atoms with Crippen molar-refractivity contribution >= 4 is 11.4 Å². The summed E-state index contributed by atoms with van der Waals surface area (Å²) in [4.78, 5) is 4.81. The van der Waals surface area contributed by atoms with Gasteiger partial charge in [0.05, 0.1) is 11.4 Å². The van der Waals surface area contributed by atoms with E-state index in [0.29, 0.717) is 0 Å². The summed E-state index contributed by atoms with van der Waals surface area (Å²) in [5.41, 5.74) is 11.2. The van der Waals surface area contributed by atoms with Gasteiger partial charge in [0.25, 0.3) is 0 Å². The number of anilines is 2. The summed E-state index contributed by atoms with van der Waals surface area (Å²) in [7, 11) is 2.18. The van der Waals surface area contributed by atoms with Crippen LogP contribution in [0, 0.1) is 13.8 Å². The van der Waals surface area contributed by atoms with E-state index in [0.717, 1.165) is 26.2 Å². The molecule has 1 aromatic rings. The molecule has 1 aliphatic heterocycles. The first-order chi connectivity index (χ1) is 8.15. The first-order valence-electron chi connectivity index (χ1n) is 6.41. The molecule has 3 heteroatoms. The number of hydrogen-bond donors (Lipinski definition) is 1. The zero-order valence-corrected chi connectivity index (χ0v) is 11.2. The van der Waals surface area contributed by atoms with Gasteiger partial charge in [-0.25, -0.2) is 0 Å². The lowest BCUT2D eigenvalue weighted by Gasteiger charge is -2.28. The molecular formula is C14H23N3. The minimum absolute atomic E-state index is 0.719. The van der Waals surface area contributed by atoms with Crippen LogP contribution >= 0.6 is 0 Å². The van der Waals surface area contributed by atoms with Crippen molar-refractivity contribution in [3.8, 4) is 0 Å². The molecule has 1 aliphatic rings. The molecule has 2 rings (SSSR count). The van der Waals surface area contributed by atoms with Crippen molar-refractivity contribution in [2.24, 2.45) is 5.73 Å². The van der Waals surface area contributed by atoms with Gasteiger partial charge >= 0.3 is 0 Å². The number of hydrogen-bond acceptors (Lipinski definition) is 3. The first-order valence-corrected chi connectivity index (χ1v) is 6.41. The van der Waals surface area contributed by atoms with E-state index in [-0.39, 0.29) is 0 Å². The molecule has 1 heterocycles. The van der Waals surface area contributed by atoms with Crippen LogP contribution in [0.4, 0.5) is 11.4 Å². The highest BCUT2D eigenvalue weighted by molar-refractivity contribution is 5.76.